The van der Waals surface area contributed by atoms with E-state index in [1.165, 1.54) is 12.1 Å². The Bertz CT molecular complexity index is 792. The lowest BCUT2D eigenvalue weighted by atomic mass is 9.77. The van der Waals surface area contributed by atoms with Crippen LogP contribution < -0.4 is 10.7 Å². The monoisotopic (exact) mass is 415 g/mol. The Morgan fingerprint density at radius 2 is 2.00 bits per heavy atom. The highest BCUT2D eigenvalue weighted by atomic mass is 32.2. The van der Waals surface area contributed by atoms with Crippen LogP contribution in [0.3, 0.4) is 0 Å². The van der Waals surface area contributed by atoms with Crippen molar-refractivity contribution >= 4 is 29.6 Å². The molecule has 1 aliphatic heterocycles. The molecule has 3 rings (SSSR count). The number of nitrogens with zero attached hydrogens (tertiary/aromatic N) is 1. The molecule has 0 radical (unpaired) electrons. The summed E-state index contributed by atoms with van der Waals surface area (Å²) >= 11 is 0.890. The fourth-order valence-corrected chi connectivity index (χ4v) is 4.13. The van der Waals surface area contributed by atoms with Crippen LogP contribution in [0.15, 0.2) is 29.2 Å². The van der Waals surface area contributed by atoms with Crippen LogP contribution in [0.1, 0.15) is 38.2 Å². The van der Waals surface area contributed by atoms with Gasteiger partial charge in [-0.2, -0.15) is 18.2 Å². The minimum atomic E-state index is -4.47. The summed E-state index contributed by atoms with van der Waals surface area (Å²) in [4.78, 5) is 37.2. The molecule has 0 atom stereocenters. The molecular weight excluding hydrogens is 395 g/mol. The normalized spacial score (nSPS) is 25.1. The SMILES string of the molecule is CC1CCC2(CC1)NC(=O)N(NC(=O)CSc1cccc(C(F)(F)F)c1)C2=O. The van der Waals surface area contributed by atoms with Gasteiger partial charge in [-0.1, -0.05) is 13.0 Å². The quantitative estimate of drug-likeness (QED) is 0.584. The minimum absolute atomic E-state index is 0.234. The van der Waals surface area contributed by atoms with Gasteiger partial charge in [-0.25, -0.2) is 4.79 Å². The molecule has 6 nitrogen and oxygen atoms in total. The van der Waals surface area contributed by atoms with Crippen molar-refractivity contribution in [2.45, 2.75) is 49.2 Å². The van der Waals surface area contributed by atoms with Gasteiger partial charge in [-0.15, -0.1) is 11.8 Å². The zero-order valence-corrected chi connectivity index (χ0v) is 16.0. The molecule has 1 spiro atoms. The number of amides is 4. The first-order valence-electron chi connectivity index (χ1n) is 8.87. The molecular formula is C18H20F3N3O3S. The van der Waals surface area contributed by atoms with Crippen LogP contribution in [0.5, 0.6) is 0 Å². The van der Waals surface area contributed by atoms with E-state index in [9.17, 15) is 27.6 Å². The maximum atomic E-state index is 12.7. The van der Waals surface area contributed by atoms with E-state index in [1.54, 1.807) is 0 Å². The molecule has 1 saturated carbocycles. The van der Waals surface area contributed by atoms with Crippen LogP contribution in [0.4, 0.5) is 18.0 Å². The van der Waals surface area contributed by atoms with Gasteiger partial charge in [0.25, 0.3) is 5.91 Å². The first-order chi connectivity index (χ1) is 13.1. The van der Waals surface area contributed by atoms with Crippen molar-refractivity contribution in [3.63, 3.8) is 0 Å². The second-order valence-corrected chi connectivity index (χ2v) is 8.23. The average Bonchev–Trinajstić information content (AvgIpc) is 2.86. The van der Waals surface area contributed by atoms with Crippen molar-refractivity contribution in [2.75, 3.05) is 5.75 Å². The molecule has 2 N–H and O–H groups in total. The fraction of sp³-hybridized carbons (Fsp3) is 0.500. The Hall–Kier alpha value is -2.23. The van der Waals surface area contributed by atoms with Gasteiger partial charge in [0.15, 0.2) is 0 Å². The first kappa shape index (κ1) is 20.5. The lowest BCUT2D eigenvalue weighted by molar-refractivity contribution is -0.139. The average molecular weight is 415 g/mol. The van der Waals surface area contributed by atoms with Crippen LogP contribution in [0.2, 0.25) is 0 Å². The van der Waals surface area contributed by atoms with Crippen LogP contribution in [-0.2, 0) is 15.8 Å². The Morgan fingerprint density at radius 1 is 1.32 bits per heavy atom. The number of carbonyl (C=O) groups is 3. The van der Waals surface area contributed by atoms with E-state index in [2.05, 4.69) is 17.7 Å². The number of benzene rings is 1. The van der Waals surface area contributed by atoms with Crippen LogP contribution >= 0.6 is 11.8 Å². The van der Waals surface area contributed by atoms with Crippen molar-refractivity contribution in [3.05, 3.63) is 29.8 Å². The number of hydrazine groups is 1. The Morgan fingerprint density at radius 3 is 2.64 bits per heavy atom. The van der Waals surface area contributed by atoms with Crippen molar-refractivity contribution in [2.24, 2.45) is 5.92 Å². The summed E-state index contributed by atoms with van der Waals surface area (Å²) in [7, 11) is 0. The summed E-state index contributed by atoms with van der Waals surface area (Å²) in [6.45, 7) is 2.08. The molecule has 1 aliphatic carbocycles. The number of halogens is 3. The van der Waals surface area contributed by atoms with Gasteiger partial charge >= 0.3 is 12.2 Å². The van der Waals surface area contributed by atoms with Crippen molar-refractivity contribution < 1.29 is 27.6 Å². The molecule has 1 aromatic carbocycles. The highest BCUT2D eigenvalue weighted by molar-refractivity contribution is 8.00. The van der Waals surface area contributed by atoms with E-state index in [1.807, 2.05) is 0 Å². The second kappa shape index (κ2) is 7.65. The van der Waals surface area contributed by atoms with E-state index < -0.39 is 35.1 Å². The van der Waals surface area contributed by atoms with E-state index in [0.29, 0.717) is 23.8 Å². The van der Waals surface area contributed by atoms with Crippen molar-refractivity contribution in [1.29, 1.82) is 0 Å². The molecule has 4 amide bonds. The van der Waals surface area contributed by atoms with Crippen molar-refractivity contribution in [3.8, 4) is 0 Å². The molecule has 0 bridgehead atoms. The number of alkyl halides is 3. The second-order valence-electron chi connectivity index (χ2n) is 7.18. The van der Waals surface area contributed by atoms with Crippen LogP contribution in [0.25, 0.3) is 0 Å². The van der Waals surface area contributed by atoms with Gasteiger partial charge in [0.2, 0.25) is 5.91 Å². The Balaban J connectivity index is 1.58. The largest absolute Gasteiger partial charge is 0.416 e. The van der Waals surface area contributed by atoms with Crippen LogP contribution in [0, 0.1) is 5.92 Å². The number of carbonyl (C=O) groups excluding carboxylic acids is 3. The number of rotatable bonds is 4. The topological polar surface area (TPSA) is 78.5 Å². The van der Waals surface area contributed by atoms with E-state index in [-0.39, 0.29) is 10.6 Å². The third-order valence-electron chi connectivity index (χ3n) is 5.06. The highest BCUT2D eigenvalue weighted by Crippen LogP contribution is 2.36. The summed E-state index contributed by atoms with van der Waals surface area (Å²) in [5.41, 5.74) is 0.494. The number of thioether (sulfide) groups is 1. The van der Waals surface area contributed by atoms with Gasteiger partial charge in [0.1, 0.15) is 5.54 Å². The Kier molecular flexibility index (Phi) is 5.60. The molecule has 2 fully saturated rings. The van der Waals surface area contributed by atoms with Gasteiger partial charge in [-0.05, 0) is 49.8 Å². The number of hydrogen-bond donors (Lipinski definition) is 2. The fourth-order valence-electron chi connectivity index (χ4n) is 3.38. The third-order valence-corrected chi connectivity index (χ3v) is 6.05. The van der Waals surface area contributed by atoms with E-state index in [4.69, 9.17) is 0 Å². The van der Waals surface area contributed by atoms with E-state index >= 15 is 0 Å². The summed E-state index contributed by atoms with van der Waals surface area (Å²) in [5, 5.41) is 3.37. The zero-order valence-electron chi connectivity index (χ0n) is 15.1. The van der Waals surface area contributed by atoms with E-state index in [0.717, 1.165) is 36.7 Å². The number of urea groups is 1. The number of hydrogen-bond acceptors (Lipinski definition) is 4. The summed E-state index contributed by atoms with van der Waals surface area (Å²) in [5.74, 6) is -0.889. The number of nitrogens with one attached hydrogen (secondary N) is 2. The number of imide groups is 1. The third kappa shape index (κ3) is 4.26. The molecule has 0 unspecified atom stereocenters. The molecule has 28 heavy (non-hydrogen) atoms. The van der Waals surface area contributed by atoms with Gasteiger partial charge < -0.3 is 5.32 Å². The molecule has 0 aromatic heterocycles. The molecule has 10 heteroatoms. The lowest BCUT2D eigenvalue weighted by Gasteiger charge is -2.33. The Labute approximate surface area is 164 Å². The van der Waals surface area contributed by atoms with Crippen LogP contribution in [-0.4, -0.2) is 34.1 Å². The maximum absolute atomic E-state index is 12.7. The van der Waals surface area contributed by atoms with Gasteiger partial charge in [-0.3, -0.25) is 15.0 Å². The predicted octanol–water partition coefficient (Wildman–Crippen LogP) is 3.33. The molecule has 1 aromatic rings. The first-order valence-corrected chi connectivity index (χ1v) is 9.85. The van der Waals surface area contributed by atoms with Crippen molar-refractivity contribution in [1.82, 2.24) is 15.8 Å². The summed E-state index contributed by atoms with van der Waals surface area (Å²) in [6, 6.07) is 3.93. The lowest BCUT2D eigenvalue weighted by Crippen LogP contribution is -2.51. The molecule has 2 aliphatic rings. The minimum Gasteiger partial charge on any atom is -0.322 e. The molecule has 1 saturated heterocycles. The predicted molar refractivity (Wildman–Crippen MR) is 96.1 cm³/mol. The standard InChI is InChI=1S/C18H20F3N3O3S/c1-11-5-7-17(8-6-11)15(26)24(16(27)22-17)23-14(25)10-28-13-4-2-3-12(9-13)18(19,20)21/h2-4,9,11H,5-8,10H2,1H3,(H,22,27)(H,23,25). The highest BCUT2D eigenvalue weighted by Gasteiger charge is 2.52. The molecule has 152 valence electrons. The van der Waals surface area contributed by atoms with Gasteiger partial charge in [0, 0.05) is 4.90 Å². The smallest absolute Gasteiger partial charge is 0.322 e. The zero-order chi connectivity index (χ0) is 20.5. The molecule has 1 heterocycles. The van der Waals surface area contributed by atoms with Gasteiger partial charge in [0.05, 0.1) is 11.3 Å². The summed E-state index contributed by atoms with van der Waals surface area (Å²) < 4.78 is 38.2. The summed E-state index contributed by atoms with van der Waals surface area (Å²) in [6.07, 6.45) is -1.82. The maximum Gasteiger partial charge on any atom is 0.416 e.